The van der Waals surface area contributed by atoms with Crippen molar-refractivity contribution in [2.45, 2.75) is 25.8 Å². The summed E-state index contributed by atoms with van der Waals surface area (Å²) in [5.74, 6) is -0.981. The molecule has 0 radical (unpaired) electrons. The van der Waals surface area contributed by atoms with Crippen LogP contribution in [0.2, 0.25) is 5.02 Å². The second-order valence-electron chi connectivity index (χ2n) is 4.32. The summed E-state index contributed by atoms with van der Waals surface area (Å²) in [7, 11) is 0. The Labute approximate surface area is 116 Å². The lowest BCUT2D eigenvalue weighted by molar-refractivity contribution is 0.0683. The maximum atomic E-state index is 11.2. The Morgan fingerprint density at radius 1 is 1.47 bits per heavy atom. The molecule has 1 N–H and O–H groups in total. The van der Waals surface area contributed by atoms with Gasteiger partial charge >= 0.3 is 5.97 Å². The Kier molecular flexibility index (Phi) is 4.22. The largest absolute Gasteiger partial charge is 0.477 e. The van der Waals surface area contributed by atoms with Gasteiger partial charge in [0.1, 0.15) is 5.69 Å². The van der Waals surface area contributed by atoms with E-state index in [9.17, 15) is 9.90 Å². The van der Waals surface area contributed by atoms with Gasteiger partial charge in [-0.15, -0.1) is 0 Å². The molecule has 0 aliphatic rings. The highest BCUT2D eigenvalue weighted by Crippen LogP contribution is 2.30. The van der Waals surface area contributed by atoms with Gasteiger partial charge in [-0.25, -0.2) is 9.78 Å². The van der Waals surface area contributed by atoms with Gasteiger partial charge in [-0.05, 0) is 18.1 Å². The number of rotatable bonds is 5. The summed E-state index contributed by atoms with van der Waals surface area (Å²) in [4.78, 5) is 15.2. The van der Waals surface area contributed by atoms with Crippen molar-refractivity contribution in [2.75, 3.05) is 0 Å². The van der Waals surface area contributed by atoms with Crippen LogP contribution in [0.5, 0.6) is 0 Å². The molecular formula is C14H15ClN2O2. The Morgan fingerprint density at radius 3 is 2.84 bits per heavy atom. The van der Waals surface area contributed by atoms with Gasteiger partial charge in [0, 0.05) is 5.02 Å². The van der Waals surface area contributed by atoms with E-state index >= 15 is 0 Å². The number of benzene rings is 1. The number of hydrogen-bond acceptors (Lipinski definition) is 2. The fourth-order valence-electron chi connectivity index (χ4n) is 2.18. The van der Waals surface area contributed by atoms with Crippen LogP contribution in [0.3, 0.4) is 0 Å². The number of aromatic nitrogens is 2. The van der Waals surface area contributed by atoms with Crippen LogP contribution in [-0.2, 0) is 0 Å². The minimum atomic E-state index is -0.981. The molecule has 0 amide bonds. The molecule has 0 bridgehead atoms. The molecule has 0 aliphatic carbocycles. The third kappa shape index (κ3) is 2.79. The molecule has 0 aliphatic heterocycles. The normalized spacial score (nSPS) is 12.3. The summed E-state index contributed by atoms with van der Waals surface area (Å²) in [6.45, 7) is 2.06. The summed E-state index contributed by atoms with van der Waals surface area (Å²) in [6.07, 6.45) is 4.64. The Hall–Kier alpha value is -1.81. The van der Waals surface area contributed by atoms with Crippen molar-refractivity contribution in [3.8, 4) is 0 Å². The fourth-order valence-corrected chi connectivity index (χ4v) is 2.44. The molecule has 2 aromatic rings. The Balaban J connectivity index is 2.49. The zero-order chi connectivity index (χ0) is 13.8. The van der Waals surface area contributed by atoms with Gasteiger partial charge in [-0.2, -0.15) is 0 Å². The number of nitrogens with zero attached hydrogens (tertiary/aromatic N) is 2. The number of aromatic carboxylic acids is 1. The standard InChI is InChI=1S/C14H15ClN2O2/c1-2-5-12(10-6-3-4-7-11(10)15)17-9-16-8-13(17)14(18)19/h3-4,6-9,12H,2,5H2,1H3,(H,18,19). The molecule has 4 nitrogen and oxygen atoms in total. The van der Waals surface area contributed by atoms with Crippen molar-refractivity contribution < 1.29 is 9.90 Å². The minimum absolute atomic E-state index is 0.104. The molecule has 1 heterocycles. The van der Waals surface area contributed by atoms with Gasteiger partial charge in [-0.1, -0.05) is 43.1 Å². The lowest BCUT2D eigenvalue weighted by Gasteiger charge is -2.21. The summed E-state index contributed by atoms with van der Waals surface area (Å²) in [5, 5.41) is 9.84. The van der Waals surface area contributed by atoms with Crippen LogP contribution in [0.4, 0.5) is 0 Å². The molecule has 19 heavy (non-hydrogen) atoms. The summed E-state index contributed by atoms with van der Waals surface area (Å²) in [5.41, 5.74) is 1.10. The van der Waals surface area contributed by atoms with Crippen molar-refractivity contribution in [1.29, 1.82) is 0 Å². The van der Waals surface area contributed by atoms with Crippen LogP contribution in [0.25, 0.3) is 0 Å². The average Bonchev–Trinajstić information content (AvgIpc) is 2.86. The van der Waals surface area contributed by atoms with Crippen LogP contribution < -0.4 is 0 Å². The van der Waals surface area contributed by atoms with Crippen molar-refractivity contribution >= 4 is 17.6 Å². The molecule has 0 saturated carbocycles. The molecule has 0 spiro atoms. The molecule has 1 aromatic carbocycles. The molecule has 1 atom stereocenters. The fraction of sp³-hybridized carbons (Fsp3) is 0.286. The maximum Gasteiger partial charge on any atom is 0.354 e. The second kappa shape index (κ2) is 5.89. The summed E-state index contributed by atoms with van der Waals surface area (Å²) >= 11 is 6.22. The van der Waals surface area contributed by atoms with Gasteiger partial charge in [0.2, 0.25) is 0 Å². The first-order valence-corrected chi connectivity index (χ1v) is 6.52. The van der Waals surface area contributed by atoms with Gasteiger partial charge in [-0.3, -0.25) is 0 Å². The number of imidazole rings is 1. The average molecular weight is 279 g/mol. The minimum Gasteiger partial charge on any atom is -0.477 e. The van der Waals surface area contributed by atoms with Crippen molar-refractivity contribution in [3.05, 3.63) is 53.1 Å². The van der Waals surface area contributed by atoms with Crippen LogP contribution in [0.15, 0.2) is 36.8 Å². The van der Waals surface area contributed by atoms with Gasteiger partial charge in [0.25, 0.3) is 0 Å². The lowest BCUT2D eigenvalue weighted by Crippen LogP contribution is -2.16. The van der Waals surface area contributed by atoms with Crippen LogP contribution in [0.1, 0.15) is 41.9 Å². The number of carbonyl (C=O) groups is 1. The van der Waals surface area contributed by atoms with E-state index in [-0.39, 0.29) is 11.7 Å². The van der Waals surface area contributed by atoms with E-state index < -0.39 is 5.97 Å². The SMILES string of the molecule is CCCC(c1ccccc1Cl)n1cncc1C(=O)O. The van der Waals surface area contributed by atoms with Gasteiger partial charge < -0.3 is 9.67 Å². The summed E-state index contributed by atoms with van der Waals surface area (Å²) in [6, 6.07) is 7.40. The van der Waals surface area contributed by atoms with E-state index in [4.69, 9.17) is 11.6 Å². The molecule has 1 aromatic heterocycles. The highest BCUT2D eigenvalue weighted by atomic mass is 35.5. The maximum absolute atomic E-state index is 11.2. The van der Waals surface area contributed by atoms with Crippen molar-refractivity contribution in [1.82, 2.24) is 9.55 Å². The number of halogens is 1. The highest BCUT2D eigenvalue weighted by Gasteiger charge is 2.20. The van der Waals surface area contributed by atoms with E-state index in [1.807, 2.05) is 24.3 Å². The van der Waals surface area contributed by atoms with Crippen LogP contribution in [0, 0.1) is 0 Å². The zero-order valence-electron chi connectivity index (χ0n) is 10.6. The predicted molar refractivity (Wildman–Crippen MR) is 73.7 cm³/mol. The van der Waals surface area contributed by atoms with Crippen molar-refractivity contribution in [3.63, 3.8) is 0 Å². The molecule has 0 saturated heterocycles. The summed E-state index contributed by atoms with van der Waals surface area (Å²) < 4.78 is 1.67. The smallest absolute Gasteiger partial charge is 0.354 e. The quantitative estimate of drug-likeness (QED) is 0.909. The third-order valence-electron chi connectivity index (χ3n) is 3.05. The molecule has 5 heteroatoms. The molecule has 0 fully saturated rings. The highest BCUT2D eigenvalue weighted by molar-refractivity contribution is 6.31. The molecule has 2 rings (SSSR count). The van der Waals surface area contributed by atoms with Gasteiger partial charge in [0.15, 0.2) is 0 Å². The van der Waals surface area contributed by atoms with E-state index in [1.165, 1.54) is 6.20 Å². The molecule has 100 valence electrons. The molecular weight excluding hydrogens is 264 g/mol. The van der Waals surface area contributed by atoms with Gasteiger partial charge in [0.05, 0.1) is 18.6 Å². The second-order valence-corrected chi connectivity index (χ2v) is 4.72. The van der Waals surface area contributed by atoms with E-state index in [2.05, 4.69) is 11.9 Å². The van der Waals surface area contributed by atoms with E-state index in [0.717, 1.165) is 18.4 Å². The van der Waals surface area contributed by atoms with Crippen molar-refractivity contribution in [2.24, 2.45) is 0 Å². The lowest BCUT2D eigenvalue weighted by atomic mass is 10.0. The zero-order valence-corrected chi connectivity index (χ0v) is 11.3. The first-order chi connectivity index (χ1) is 9.15. The number of hydrogen-bond donors (Lipinski definition) is 1. The Bertz CT molecular complexity index is 580. The van der Waals surface area contributed by atoms with Crippen LogP contribution >= 0.6 is 11.6 Å². The number of carboxylic acid groups (broad SMARTS) is 1. The number of carboxylic acids is 1. The first-order valence-electron chi connectivity index (χ1n) is 6.14. The predicted octanol–water partition coefficient (Wildman–Crippen LogP) is 3.62. The first kappa shape index (κ1) is 13.6. The van der Waals surface area contributed by atoms with E-state index in [0.29, 0.717) is 5.02 Å². The monoisotopic (exact) mass is 278 g/mol. The Morgan fingerprint density at radius 2 is 2.21 bits per heavy atom. The van der Waals surface area contributed by atoms with E-state index in [1.54, 1.807) is 10.9 Å². The third-order valence-corrected chi connectivity index (χ3v) is 3.39. The topological polar surface area (TPSA) is 55.1 Å². The molecule has 1 unspecified atom stereocenters. The van der Waals surface area contributed by atoms with Crippen LogP contribution in [-0.4, -0.2) is 20.6 Å².